The zero-order chi connectivity index (χ0) is 20.2. The summed E-state index contributed by atoms with van der Waals surface area (Å²) < 4.78 is 0. The minimum Gasteiger partial charge on any atom is -0.481 e. The molecule has 1 aromatic carbocycles. The van der Waals surface area contributed by atoms with Crippen molar-refractivity contribution in [2.45, 2.75) is 68.4 Å². The van der Waals surface area contributed by atoms with E-state index in [2.05, 4.69) is 0 Å². The van der Waals surface area contributed by atoms with Gasteiger partial charge in [-0.15, -0.1) is 11.8 Å². The average Bonchev–Trinajstić information content (AvgIpc) is 2.69. The van der Waals surface area contributed by atoms with E-state index in [9.17, 15) is 14.7 Å². The third kappa shape index (κ3) is 8.48. The van der Waals surface area contributed by atoms with Crippen LogP contribution in [0.2, 0.25) is 0 Å². The summed E-state index contributed by atoms with van der Waals surface area (Å²) in [5, 5.41) is 18.9. The Hall–Kier alpha value is -1.79. The van der Waals surface area contributed by atoms with Gasteiger partial charge in [0.25, 0.3) is 0 Å². The number of unbranched alkanes of at least 4 members (excludes halogenated alkanes) is 3. The van der Waals surface area contributed by atoms with E-state index in [1.165, 1.54) is 0 Å². The van der Waals surface area contributed by atoms with Crippen LogP contribution in [0, 0.1) is 0 Å². The van der Waals surface area contributed by atoms with Gasteiger partial charge in [-0.25, -0.2) is 0 Å². The summed E-state index contributed by atoms with van der Waals surface area (Å²) >= 11 is 1.62. The molecule has 0 aromatic heterocycles. The number of piperidine rings is 1. The highest BCUT2D eigenvalue weighted by atomic mass is 32.2. The largest absolute Gasteiger partial charge is 0.481 e. The van der Waals surface area contributed by atoms with Gasteiger partial charge in [0.1, 0.15) is 0 Å². The first-order valence-electron chi connectivity index (χ1n) is 10.1. The molecule has 1 unspecified atom stereocenters. The zero-order valence-electron chi connectivity index (χ0n) is 16.3. The van der Waals surface area contributed by atoms with Gasteiger partial charge in [0.2, 0.25) is 5.91 Å². The van der Waals surface area contributed by atoms with Crippen LogP contribution in [0.4, 0.5) is 0 Å². The lowest BCUT2D eigenvalue weighted by molar-refractivity contribution is -0.137. The molecule has 1 fully saturated rings. The Bertz CT molecular complexity index is 635. The van der Waals surface area contributed by atoms with Crippen molar-refractivity contribution in [1.29, 1.82) is 0 Å². The molecule has 0 saturated carbocycles. The molecule has 2 rings (SSSR count). The first kappa shape index (κ1) is 22.5. The minimum atomic E-state index is -0.750. The minimum absolute atomic E-state index is 0.0524. The normalized spacial score (nSPS) is 18.5. The molecule has 1 saturated heterocycles. The number of aliphatic carboxylic acids is 1. The van der Waals surface area contributed by atoms with Gasteiger partial charge >= 0.3 is 5.97 Å². The SMILES string of the molecule is O=C(O)CCCCCCN1C(=O)CCC[C@@H]1/C=C/C(O)CSc1ccccc1. The summed E-state index contributed by atoms with van der Waals surface area (Å²) in [5.41, 5.74) is 0. The number of hydrogen-bond donors (Lipinski definition) is 2. The molecule has 0 spiro atoms. The zero-order valence-corrected chi connectivity index (χ0v) is 17.2. The van der Waals surface area contributed by atoms with E-state index in [0.29, 0.717) is 25.1 Å². The van der Waals surface area contributed by atoms with Gasteiger partial charge in [0.05, 0.1) is 12.1 Å². The number of aliphatic hydroxyl groups is 1. The Labute approximate surface area is 171 Å². The molecular formula is C22H31NO4S. The molecule has 1 aliphatic rings. The lowest BCUT2D eigenvalue weighted by Crippen LogP contribution is -2.43. The lowest BCUT2D eigenvalue weighted by Gasteiger charge is -2.34. The van der Waals surface area contributed by atoms with E-state index in [4.69, 9.17) is 5.11 Å². The summed E-state index contributed by atoms with van der Waals surface area (Å²) in [6.45, 7) is 0.704. The van der Waals surface area contributed by atoms with Gasteiger partial charge in [0, 0.05) is 30.0 Å². The quantitative estimate of drug-likeness (QED) is 0.311. The lowest BCUT2D eigenvalue weighted by atomic mass is 10.00. The Morgan fingerprint density at radius 1 is 1.21 bits per heavy atom. The number of carbonyl (C=O) groups excluding carboxylic acids is 1. The third-order valence-electron chi connectivity index (χ3n) is 4.87. The highest BCUT2D eigenvalue weighted by Gasteiger charge is 2.25. The molecule has 1 heterocycles. The van der Waals surface area contributed by atoms with Crippen LogP contribution >= 0.6 is 11.8 Å². The van der Waals surface area contributed by atoms with E-state index in [1.54, 1.807) is 11.8 Å². The fourth-order valence-corrected chi connectivity index (χ4v) is 4.18. The molecule has 1 aromatic rings. The number of carboxylic acid groups (broad SMARTS) is 1. The number of aliphatic hydroxyl groups excluding tert-OH is 1. The van der Waals surface area contributed by atoms with Crippen molar-refractivity contribution in [2.75, 3.05) is 12.3 Å². The third-order valence-corrected chi connectivity index (χ3v) is 5.98. The molecule has 154 valence electrons. The van der Waals surface area contributed by atoms with Crippen molar-refractivity contribution in [3.63, 3.8) is 0 Å². The second-order valence-corrected chi connectivity index (χ2v) is 8.27. The van der Waals surface area contributed by atoms with Gasteiger partial charge in [-0.2, -0.15) is 0 Å². The number of amides is 1. The van der Waals surface area contributed by atoms with Crippen molar-refractivity contribution in [3.05, 3.63) is 42.5 Å². The number of thioether (sulfide) groups is 1. The first-order valence-corrected chi connectivity index (χ1v) is 11.1. The maximum absolute atomic E-state index is 12.3. The van der Waals surface area contributed by atoms with Gasteiger partial charge in [-0.1, -0.05) is 43.2 Å². The van der Waals surface area contributed by atoms with Crippen LogP contribution in [0.1, 0.15) is 51.4 Å². The van der Waals surface area contributed by atoms with E-state index in [1.807, 2.05) is 47.4 Å². The standard InChI is InChI=1S/C22H31NO4S/c24-19(17-28-20-10-4-3-5-11-20)15-14-18-9-8-12-21(25)23(18)16-7-2-1-6-13-22(26)27/h3-5,10-11,14-15,18-19,24H,1-2,6-9,12-13,16-17H2,(H,26,27)/b15-14+/t18-,19?/m1/s1. The predicted molar refractivity (Wildman–Crippen MR) is 112 cm³/mol. The molecule has 0 radical (unpaired) electrons. The molecule has 28 heavy (non-hydrogen) atoms. The van der Waals surface area contributed by atoms with Gasteiger partial charge in [-0.05, 0) is 37.8 Å². The van der Waals surface area contributed by atoms with E-state index < -0.39 is 12.1 Å². The second-order valence-electron chi connectivity index (χ2n) is 7.18. The number of hydrogen-bond acceptors (Lipinski definition) is 4. The Morgan fingerprint density at radius 2 is 1.96 bits per heavy atom. The van der Waals surface area contributed by atoms with Crippen molar-refractivity contribution in [1.82, 2.24) is 4.90 Å². The summed E-state index contributed by atoms with van der Waals surface area (Å²) in [6, 6.07) is 10.0. The molecular weight excluding hydrogens is 374 g/mol. The summed E-state index contributed by atoms with van der Waals surface area (Å²) in [6.07, 6.45) is 9.28. The Kier molecular flexibility index (Phi) is 10.1. The van der Waals surface area contributed by atoms with Crippen molar-refractivity contribution in [2.24, 2.45) is 0 Å². The molecule has 1 aliphatic heterocycles. The highest BCUT2D eigenvalue weighted by Crippen LogP contribution is 2.22. The fraction of sp³-hybridized carbons (Fsp3) is 0.545. The summed E-state index contributed by atoms with van der Waals surface area (Å²) in [4.78, 5) is 25.9. The first-order chi connectivity index (χ1) is 13.6. The van der Waals surface area contributed by atoms with E-state index in [0.717, 1.165) is 37.0 Å². The smallest absolute Gasteiger partial charge is 0.303 e. The van der Waals surface area contributed by atoms with Gasteiger partial charge < -0.3 is 15.1 Å². The van der Waals surface area contributed by atoms with Crippen LogP contribution in [0.15, 0.2) is 47.4 Å². The Balaban J connectivity index is 1.75. The number of carboxylic acids is 1. The van der Waals surface area contributed by atoms with Crippen LogP contribution in [0.3, 0.4) is 0 Å². The highest BCUT2D eigenvalue weighted by molar-refractivity contribution is 7.99. The van der Waals surface area contributed by atoms with Crippen molar-refractivity contribution < 1.29 is 19.8 Å². The predicted octanol–water partition coefficient (Wildman–Crippen LogP) is 4.11. The second kappa shape index (κ2) is 12.6. The van der Waals surface area contributed by atoms with Crippen molar-refractivity contribution >= 4 is 23.6 Å². The van der Waals surface area contributed by atoms with E-state index >= 15 is 0 Å². The maximum atomic E-state index is 12.3. The van der Waals surface area contributed by atoms with Crippen LogP contribution in [0.5, 0.6) is 0 Å². The summed E-state index contributed by atoms with van der Waals surface area (Å²) in [5.74, 6) is 0.0186. The van der Waals surface area contributed by atoms with Crippen LogP contribution in [0.25, 0.3) is 0 Å². The number of carbonyl (C=O) groups is 2. The molecule has 0 bridgehead atoms. The molecule has 2 atom stereocenters. The molecule has 5 nitrogen and oxygen atoms in total. The number of likely N-dealkylation sites (tertiary alicyclic amines) is 1. The molecule has 6 heteroatoms. The average molecular weight is 406 g/mol. The van der Waals surface area contributed by atoms with E-state index in [-0.39, 0.29) is 18.4 Å². The van der Waals surface area contributed by atoms with Crippen LogP contribution in [-0.4, -0.2) is 51.4 Å². The number of nitrogens with zero attached hydrogens (tertiary/aromatic N) is 1. The summed E-state index contributed by atoms with van der Waals surface area (Å²) in [7, 11) is 0. The number of rotatable bonds is 12. The van der Waals surface area contributed by atoms with Gasteiger partial charge in [-0.3, -0.25) is 9.59 Å². The van der Waals surface area contributed by atoms with Gasteiger partial charge in [0.15, 0.2) is 0 Å². The maximum Gasteiger partial charge on any atom is 0.303 e. The van der Waals surface area contributed by atoms with Crippen LogP contribution in [-0.2, 0) is 9.59 Å². The molecule has 0 aliphatic carbocycles. The van der Waals surface area contributed by atoms with Crippen LogP contribution < -0.4 is 0 Å². The number of benzene rings is 1. The Morgan fingerprint density at radius 3 is 2.71 bits per heavy atom. The van der Waals surface area contributed by atoms with Crippen molar-refractivity contribution in [3.8, 4) is 0 Å². The monoisotopic (exact) mass is 405 g/mol. The molecule has 2 N–H and O–H groups in total. The topological polar surface area (TPSA) is 77.8 Å². The molecule has 1 amide bonds. The fourth-order valence-electron chi connectivity index (χ4n) is 3.36.